The Morgan fingerprint density at radius 1 is 1.12 bits per heavy atom. The predicted molar refractivity (Wildman–Crippen MR) is 134 cm³/mol. The molecule has 0 aliphatic carbocycles. The summed E-state index contributed by atoms with van der Waals surface area (Å²) < 4.78 is 21.4. The summed E-state index contributed by atoms with van der Waals surface area (Å²) in [5, 5.41) is 3.56. The molecule has 4 rings (SSSR count). The SMILES string of the molecule is COc1c(C(=O)Nc2ccc(F)cc2N2CCN(C)CC2)c(=O)n(CC(C)C)c2ccccc12. The highest BCUT2D eigenvalue weighted by atomic mass is 19.1. The quantitative estimate of drug-likeness (QED) is 0.599. The van der Waals surface area contributed by atoms with Gasteiger partial charge in [-0.2, -0.15) is 0 Å². The van der Waals surface area contributed by atoms with Crippen molar-refractivity contribution in [2.24, 2.45) is 5.92 Å². The first-order chi connectivity index (χ1) is 16.3. The summed E-state index contributed by atoms with van der Waals surface area (Å²) in [6.07, 6.45) is 0. The molecule has 0 spiro atoms. The molecule has 1 fully saturated rings. The van der Waals surface area contributed by atoms with Gasteiger partial charge in [-0.1, -0.05) is 26.0 Å². The fourth-order valence-corrected chi connectivity index (χ4v) is 4.44. The summed E-state index contributed by atoms with van der Waals surface area (Å²) in [6.45, 7) is 7.60. The van der Waals surface area contributed by atoms with Gasteiger partial charge in [0.15, 0.2) is 0 Å². The van der Waals surface area contributed by atoms with E-state index in [1.165, 1.54) is 19.2 Å². The summed E-state index contributed by atoms with van der Waals surface area (Å²) in [4.78, 5) is 31.3. The Labute approximate surface area is 198 Å². The van der Waals surface area contributed by atoms with Gasteiger partial charge in [-0.3, -0.25) is 9.59 Å². The van der Waals surface area contributed by atoms with E-state index >= 15 is 0 Å². The molecule has 2 aromatic carbocycles. The maximum absolute atomic E-state index is 14.1. The minimum atomic E-state index is -0.577. The topological polar surface area (TPSA) is 66.8 Å². The van der Waals surface area contributed by atoms with E-state index in [0.717, 1.165) is 18.6 Å². The summed E-state index contributed by atoms with van der Waals surface area (Å²) in [5.74, 6) is -0.519. The molecule has 0 atom stereocenters. The first kappa shape index (κ1) is 23.8. The number of likely N-dealkylation sites (N-methyl/N-ethyl adjacent to an activating group) is 1. The second-order valence-electron chi connectivity index (χ2n) is 9.14. The van der Waals surface area contributed by atoms with Crippen LogP contribution in [0.25, 0.3) is 10.9 Å². The lowest BCUT2D eigenvalue weighted by atomic mass is 10.1. The Kier molecular flexibility index (Phi) is 6.88. The summed E-state index contributed by atoms with van der Waals surface area (Å²) in [7, 11) is 3.50. The third-order valence-electron chi connectivity index (χ3n) is 6.16. The van der Waals surface area contributed by atoms with Crippen LogP contribution in [0.4, 0.5) is 15.8 Å². The average Bonchev–Trinajstić information content (AvgIpc) is 2.82. The average molecular weight is 467 g/mol. The highest BCUT2D eigenvalue weighted by Gasteiger charge is 2.25. The number of para-hydroxylation sites is 1. The third kappa shape index (κ3) is 4.63. The number of aromatic nitrogens is 1. The van der Waals surface area contributed by atoms with Crippen molar-refractivity contribution in [1.82, 2.24) is 9.47 Å². The molecule has 8 heteroatoms. The first-order valence-corrected chi connectivity index (χ1v) is 11.5. The summed E-state index contributed by atoms with van der Waals surface area (Å²) in [5.41, 5.74) is 1.31. The Morgan fingerprint density at radius 2 is 1.82 bits per heavy atom. The Hall–Kier alpha value is -3.39. The number of carbonyl (C=O) groups excluding carboxylic acids is 1. The van der Waals surface area contributed by atoms with Gasteiger partial charge in [0.25, 0.3) is 11.5 Å². The van der Waals surface area contributed by atoms with Crippen molar-refractivity contribution in [3.05, 3.63) is 64.2 Å². The monoisotopic (exact) mass is 466 g/mol. The second-order valence-corrected chi connectivity index (χ2v) is 9.14. The van der Waals surface area contributed by atoms with Gasteiger partial charge in [-0.25, -0.2) is 4.39 Å². The van der Waals surface area contributed by atoms with Gasteiger partial charge in [0, 0.05) is 38.1 Å². The van der Waals surface area contributed by atoms with E-state index in [4.69, 9.17) is 4.74 Å². The van der Waals surface area contributed by atoms with Crippen LogP contribution >= 0.6 is 0 Å². The zero-order valence-corrected chi connectivity index (χ0v) is 20.1. The van der Waals surface area contributed by atoms with E-state index in [-0.39, 0.29) is 23.0 Å². The van der Waals surface area contributed by atoms with E-state index in [0.29, 0.717) is 36.4 Å². The minimum Gasteiger partial charge on any atom is -0.495 e. The Bertz CT molecular complexity index is 1260. The van der Waals surface area contributed by atoms with Crippen molar-refractivity contribution < 1.29 is 13.9 Å². The standard InChI is InChI=1S/C26H31FN4O3/c1-17(2)16-31-21-8-6-5-7-19(21)24(34-4)23(26(31)33)25(32)28-20-10-9-18(27)15-22(20)30-13-11-29(3)12-14-30/h5-10,15,17H,11-14,16H2,1-4H3,(H,28,32). The maximum atomic E-state index is 14.1. The third-order valence-corrected chi connectivity index (χ3v) is 6.16. The molecule has 3 aromatic rings. The van der Waals surface area contributed by atoms with Crippen LogP contribution in [0.1, 0.15) is 24.2 Å². The zero-order chi connectivity index (χ0) is 24.4. The number of pyridine rings is 1. The highest BCUT2D eigenvalue weighted by Crippen LogP contribution is 2.31. The van der Waals surface area contributed by atoms with Crippen LogP contribution < -0.4 is 20.5 Å². The van der Waals surface area contributed by atoms with E-state index in [1.54, 1.807) is 10.6 Å². The van der Waals surface area contributed by atoms with Gasteiger partial charge in [0.05, 0.1) is 24.0 Å². The highest BCUT2D eigenvalue weighted by molar-refractivity contribution is 6.10. The van der Waals surface area contributed by atoms with Crippen LogP contribution in [-0.4, -0.2) is 55.7 Å². The number of ether oxygens (including phenoxy) is 1. The van der Waals surface area contributed by atoms with Crippen LogP contribution in [0.2, 0.25) is 0 Å². The van der Waals surface area contributed by atoms with Crippen molar-refractivity contribution >= 4 is 28.2 Å². The fourth-order valence-electron chi connectivity index (χ4n) is 4.44. The molecule has 1 aliphatic heterocycles. The Balaban J connectivity index is 1.79. The number of nitrogens with zero attached hydrogens (tertiary/aromatic N) is 3. The molecule has 0 saturated carbocycles. The van der Waals surface area contributed by atoms with E-state index < -0.39 is 11.5 Å². The largest absolute Gasteiger partial charge is 0.495 e. The van der Waals surface area contributed by atoms with Gasteiger partial charge >= 0.3 is 0 Å². The number of carbonyl (C=O) groups is 1. The lowest BCUT2D eigenvalue weighted by molar-refractivity contribution is 0.102. The number of halogens is 1. The minimum absolute atomic E-state index is 0.0597. The van der Waals surface area contributed by atoms with Gasteiger partial charge in [-0.05, 0) is 43.3 Å². The van der Waals surface area contributed by atoms with Crippen LogP contribution in [-0.2, 0) is 6.54 Å². The van der Waals surface area contributed by atoms with Gasteiger partial charge < -0.3 is 24.4 Å². The predicted octanol–water partition coefficient (Wildman–Crippen LogP) is 3.81. The van der Waals surface area contributed by atoms with Crippen molar-refractivity contribution in [1.29, 1.82) is 0 Å². The molecule has 180 valence electrons. The lowest BCUT2D eigenvalue weighted by Gasteiger charge is -2.35. The van der Waals surface area contributed by atoms with Crippen molar-refractivity contribution in [2.45, 2.75) is 20.4 Å². The number of amides is 1. The molecule has 0 unspecified atom stereocenters. The molecule has 7 nitrogen and oxygen atoms in total. The van der Waals surface area contributed by atoms with Crippen molar-refractivity contribution in [2.75, 3.05) is 50.6 Å². The molecule has 2 heterocycles. The van der Waals surface area contributed by atoms with E-state index in [9.17, 15) is 14.0 Å². The molecular formula is C26H31FN4O3. The summed E-state index contributed by atoms with van der Waals surface area (Å²) in [6, 6.07) is 11.7. The molecule has 1 saturated heterocycles. The number of nitrogens with one attached hydrogen (secondary N) is 1. The Morgan fingerprint density at radius 3 is 2.50 bits per heavy atom. The first-order valence-electron chi connectivity index (χ1n) is 11.5. The van der Waals surface area contributed by atoms with Crippen molar-refractivity contribution in [3.8, 4) is 5.75 Å². The smallest absolute Gasteiger partial charge is 0.267 e. The number of rotatable bonds is 6. The zero-order valence-electron chi connectivity index (χ0n) is 20.1. The normalized spacial score (nSPS) is 14.6. The van der Waals surface area contributed by atoms with Crippen LogP contribution in [0, 0.1) is 11.7 Å². The number of hydrogen-bond donors (Lipinski definition) is 1. The van der Waals surface area contributed by atoms with Crippen LogP contribution in [0.5, 0.6) is 5.75 Å². The summed E-state index contributed by atoms with van der Waals surface area (Å²) >= 11 is 0. The number of benzene rings is 2. The van der Waals surface area contributed by atoms with Gasteiger partial charge in [0.1, 0.15) is 17.1 Å². The number of anilines is 2. The van der Waals surface area contributed by atoms with Gasteiger partial charge in [-0.15, -0.1) is 0 Å². The molecule has 1 N–H and O–H groups in total. The number of methoxy groups -OCH3 is 1. The maximum Gasteiger partial charge on any atom is 0.267 e. The number of hydrogen-bond acceptors (Lipinski definition) is 5. The second kappa shape index (κ2) is 9.85. The number of piperazine rings is 1. The molecule has 0 bridgehead atoms. The fraction of sp³-hybridized carbons (Fsp3) is 0.385. The van der Waals surface area contributed by atoms with Crippen LogP contribution in [0.3, 0.4) is 0 Å². The molecule has 1 aliphatic rings. The molecule has 1 aromatic heterocycles. The van der Waals surface area contributed by atoms with Gasteiger partial charge in [0.2, 0.25) is 0 Å². The molecule has 34 heavy (non-hydrogen) atoms. The van der Waals surface area contributed by atoms with Crippen molar-refractivity contribution in [3.63, 3.8) is 0 Å². The molecular weight excluding hydrogens is 435 g/mol. The molecule has 1 amide bonds. The van der Waals surface area contributed by atoms with Crippen LogP contribution in [0.15, 0.2) is 47.3 Å². The lowest BCUT2D eigenvalue weighted by Crippen LogP contribution is -2.44. The van der Waals surface area contributed by atoms with E-state index in [2.05, 4.69) is 10.2 Å². The number of fused-ring (bicyclic) bond motifs is 1. The molecule has 0 radical (unpaired) electrons. The van der Waals surface area contributed by atoms with E-state index in [1.807, 2.05) is 50.1 Å².